The second kappa shape index (κ2) is 2.09. The van der Waals surface area contributed by atoms with E-state index in [9.17, 15) is 10.1 Å². The Morgan fingerprint density at radius 3 is 2.88 bits per heavy atom. The van der Waals surface area contributed by atoms with Crippen LogP contribution in [0.1, 0.15) is 6.42 Å². The monoisotopic (exact) mass is 115 g/mol. The van der Waals surface area contributed by atoms with Crippen molar-refractivity contribution in [3.8, 4) is 0 Å². The predicted molar refractivity (Wildman–Crippen MR) is 27.7 cm³/mol. The van der Waals surface area contributed by atoms with E-state index in [4.69, 9.17) is 0 Å². The van der Waals surface area contributed by atoms with Crippen LogP contribution in [0, 0.1) is 16.7 Å². The molecular formula is C4H7N2O2. The molecule has 45 valence electrons. The third-order valence-electron chi connectivity index (χ3n) is 1.19. The quantitative estimate of drug-likeness (QED) is 0.380. The smallest absolute Gasteiger partial charge is 0.226 e. The molecule has 1 unspecified atom stereocenters. The standard InChI is InChI=1S/C4H7N2O2/c7-6(8)4-1-2-5-3-4/h2,4-5H,1,3H2. The van der Waals surface area contributed by atoms with Crippen LogP contribution >= 0.6 is 0 Å². The lowest BCUT2D eigenvalue weighted by molar-refractivity contribution is -0.516. The maximum absolute atomic E-state index is 9.95. The van der Waals surface area contributed by atoms with Gasteiger partial charge < -0.3 is 5.32 Å². The summed E-state index contributed by atoms with van der Waals surface area (Å²) in [6.07, 6.45) is 0.562. The lowest BCUT2D eigenvalue weighted by atomic mass is 10.3. The van der Waals surface area contributed by atoms with E-state index < -0.39 is 0 Å². The Bertz CT molecular complexity index is 98.2. The van der Waals surface area contributed by atoms with Gasteiger partial charge >= 0.3 is 0 Å². The lowest BCUT2D eigenvalue weighted by Crippen LogP contribution is -2.21. The van der Waals surface area contributed by atoms with Crippen molar-refractivity contribution < 1.29 is 4.92 Å². The summed E-state index contributed by atoms with van der Waals surface area (Å²) in [6.45, 7) is 2.22. The molecular weight excluding hydrogens is 108 g/mol. The fourth-order valence-electron chi connectivity index (χ4n) is 0.683. The molecule has 1 radical (unpaired) electrons. The van der Waals surface area contributed by atoms with Crippen LogP contribution in [0.25, 0.3) is 0 Å². The molecule has 1 rings (SSSR count). The summed E-state index contributed by atoms with van der Waals surface area (Å²) in [6, 6.07) is -0.380. The van der Waals surface area contributed by atoms with Crippen molar-refractivity contribution in [3.05, 3.63) is 16.7 Å². The molecule has 0 saturated carbocycles. The van der Waals surface area contributed by atoms with Gasteiger partial charge in [0.2, 0.25) is 6.04 Å². The summed E-state index contributed by atoms with van der Waals surface area (Å²) in [4.78, 5) is 9.69. The van der Waals surface area contributed by atoms with Gasteiger partial charge in [0.1, 0.15) is 0 Å². The third kappa shape index (κ3) is 0.949. The van der Waals surface area contributed by atoms with E-state index in [0.29, 0.717) is 13.0 Å². The van der Waals surface area contributed by atoms with Crippen LogP contribution in [0.3, 0.4) is 0 Å². The first kappa shape index (κ1) is 5.50. The molecule has 0 spiro atoms. The maximum Gasteiger partial charge on any atom is 0.226 e. The fourth-order valence-corrected chi connectivity index (χ4v) is 0.683. The van der Waals surface area contributed by atoms with E-state index in [1.807, 2.05) is 0 Å². The average molecular weight is 115 g/mol. The molecule has 1 aliphatic rings. The second-order valence-corrected chi connectivity index (χ2v) is 1.79. The van der Waals surface area contributed by atoms with Gasteiger partial charge in [0, 0.05) is 17.9 Å². The van der Waals surface area contributed by atoms with Gasteiger partial charge in [-0.2, -0.15) is 0 Å². The van der Waals surface area contributed by atoms with Crippen LogP contribution in [-0.4, -0.2) is 17.5 Å². The highest BCUT2D eigenvalue weighted by Crippen LogP contribution is 2.03. The van der Waals surface area contributed by atoms with Gasteiger partial charge in [-0.3, -0.25) is 10.1 Å². The summed E-state index contributed by atoms with van der Waals surface area (Å²) >= 11 is 0. The molecule has 1 N–H and O–H groups in total. The highest BCUT2D eigenvalue weighted by atomic mass is 16.6. The number of hydrogen-bond donors (Lipinski definition) is 1. The van der Waals surface area contributed by atoms with Gasteiger partial charge in [0.15, 0.2) is 0 Å². The predicted octanol–water partition coefficient (Wildman–Crippen LogP) is -0.213. The molecule has 1 saturated heterocycles. The third-order valence-corrected chi connectivity index (χ3v) is 1.19. The molecule has 0 amide bonds. The number of nitrogens with zero attached hydrogens (tertiary/aromatic N) is 1. The van der Waals surface area contributed by atoms with Crippen molar-refractivity contribution in [2.75, 3.05) is 6.54 Å². The van der Waals surface area contributed by atoms with E-state index in [1.54, 1.807) is 6.54 Å². The van der Waals surface area contributed by atoms with Gasteiger partial charge in [0.05, 0.1) is 6.54 Å². The first-order chi connectivity index (χ1) is 3.80. The number of nitrogens with one attached hydrogen (secondary N) is 1. The van der Waals surface area contributed by atoms with Gasteiger partial charge in [-0.25, -0.2) is 0 Å². The Kier molecular flexibility index (Phi) is 1.43. The van der Waals surface area contributed by atoms with Crippen LogP contribution in [0.5, 0.6) is 0 Å². The largest absolute Gasteiger partial charge is 0.306 e. The molecule has 0 aliphatic carbocycles. The van der Waals surface area contributed by atoms with Gasteiger partial charge in [-0.15, -0.1) is 0 Å². The Labute approximate surface area is 47.0 Å². The summed E-state index contributed by atoms with van der Waals surface area (Å²) in [7, 11) is 0. The van der Waals surface area contributed by atoms with Crippen LogP contribution in [0.15, 0.2) is 0 Å². The zero-order chi connectivity index (χ0) is 5.98. The molecule has 0 aromatic rings. The molecule has 0 aromatic heterocycles. The Morgan fingerprint density at radius 1 is 1.88 bits per heavy atom. The number of hydrogen-bond acceptors (Lipinski definition) is 3. The van der Waals surface area contributed by atoms with E-state index in [-0.39, 0.29) is 11.0 Å². The molecule has 8 heavy (non-hydrogen) atoms. The van der Waals surface area contributed by atoms with E-state index in [0.717, 1.165) is 0 Å². The molecule has 1 aliphatic heterocycles. The Morgan fingerprint density at radius 2 is 2.62 bits per heavy atom. The van der Waals surface area contributed by atoms with Crippen molar-refractivity contribution in [2.24, 2.45) is 0 Å². The maximum atomic E-state index is 9.95. The van der Waals surface area contributed by atoms with Crippen LogP contribution in [0.2, 0.25) is 0 Å². The summed E-state index contributed by atoms with van der Waals surface area (Å²) < 4.78 is 0. The molecule has 1 atom stereocenters. The van der Waals surface area contributed by atoms with E-state index in [2.05, 4.69) is 5.32 Å². The van der Waals surface area contributed by atoms with Crippen molar-refractivity contribution in [1.29, 1.82) is 0 Å². The molecule has 1 heterocycles. The van der Waals surface area contributed by atoms with Gasteiger partial charge in [-0.1, -0.05) is 0 Å². The molecule has 0 aromatic carbocycles. The summed E-state index contributed by atoms with van der Waals surface area (Å²) in [5, 5.41) is 12.7. The Balaban J connectivity index is 2.35. The van der Waals surface area contributed by atoms with Gasteiger partial charge in [0.25, 0.3) is 0 Å². The van der Waals surface area contributed by atoms with Crippen molar-refractivity contribution >= 4 is 0 Å². The highest BCUT2D eigenvalue weighted by Gasteiger charge is 2.23. The minimum absolute atomic E-state index is 0.253. The van der Waals surface area contributed by atoms with Crippen LogP contribution in [0.4, 0.5) is 0 Å². The Hall–Kier alpha value is -0.640. The van der Waals surface area contributed by atoms with Gasteiger partial charge in [-0.05, 0) is 0 Å². The first-order valence-electron chi connectivity index (χ1n) is 2.49. The first-order valence-corrected chi connectivity index (χ1v) is 2.49. The summed E-state index contributed by atoms with van der Waals surface area (Å²) in [5.41, 5.74) is 0. The minimum Gasteiger partial charge on any atom is -0.306 e. The van der Waals surface area contributed by atoms with Crippen LogP contribution < -0.4 is 5.32 Å². The SMILES string of the molecule is O=[N+]([O-])C1C[CH]NC1. The average Bonchev–Trinajstić information content (AvgIpc) is 2.12. The number of rotatable bonds is 1. The fraction of sp³-hybridized carbons (Fsp3) is 0.750. The lowest BCUT2D eigenvalue weighted by Gasteiger charge is -1.94. The van der Waals surface area contributed by atoms with Crippen molar-refractivity contribution in [3.63, 3.8) is 0 Å². The number of nitro groups is 1. The summed E-state index contributed by atoms with van der Waals surface area (Å²) in [5.74, 6) is 0. The molecule has 4 nitrogen and oxygen atoms in total. The second-order valence-electron chi connectivity index (χ2n) is 1.79. The zero-order valence-corrected chi connectivity index (χ0v) is 4.33. The molecule has 0 bridgehead atoms. The molecule has 1 fully saturated rings. The van der Waals surface area contributed by atoms with Crippen molar-refractivity contribution in [1.82, 2.24) is 5.32 Å². The van der Waals surface area contributed by atoms with Crippen LogP contribution in [-0.2, 0) is 0 Å². The van der Waals surface area contributed by atoms with E-state index >= 15 is 0 Å². The zero-order valence-electron chi connectivity index (χ0n) is 4.33. The molecule has 4 heteroatoms. The van der Waals surface area contributed by atoms with Crippen molar-refractivity contribution in [2.45, 2.75) is 12.5 Å². The van der Waals surface area contributed by atoms with E-state index in [1.165, 1.54) is 0 Å². The highest BCUT2D eigenvalue weighted by molar-refractivity contribution is 4.79. The normalized spacial score (nSPS) is 28.2. The minimum atomic E-state index is -0.380. The topological polar surface area (TPSA) is 55.2 Å².